The number of hydrogen-bond donors (Lipinski definition) is 1. The highest BCUT2D eigenvalue weighted by atomic mass is 16.2. The van der Waals surface area contributed by atoms with Gasteiger partial charge in [-0.25, -0.2) is 9.67 Å². The lowest BCUT2D eigenvalue weighted by Gasteiger charge is -2.15. The lowest BCUT2D eigenvalue weighted by molar-refractivity contribution is -0.122. The molecule has 0 spiro atoms. The summed E-state index contributed by atoms with van der Waals surface area (Å²) in [5.74, 6) is -0.0841. The van der Waals surface area contributed by atoms with E-state index in [0.717, 1.165) is 31.4 Å². The SMILES string of the molecule is O=C(Cn1c2ncccc2c(=O)n1-c1ccccc1)NC1CCCC1. The maximum atomic E-state index is 12.8. The highest BCUT2D eigenvalue weighted by molar-refractivity contribution is 5.80. The number of nitrogens with zero attached hydrogens (tertiary/aromatic N) is 3. The van der Waals surface area contributed by atoms with E-state index in [1.54, 1.807) is 23.0 Å². The normalized spacial score (nSPS) is 14.9. The van der Waals surface area contributed by atoms with Crippen LogP contribution < -0.4 is 10.9 Å². The maximum absolute atomic E-state index is 12.8. The highest BCUT2D eigenvalue weighted by Gasteiger charge is 2.20. The minimum absolute atomic E-state index is 0.0706. The van der Waals surface area contributed by atoms with E-state index in [9.17, 15) is 9.59 Å². The number of hydrogen-bond acceptors (Lipinski definition) is 3. The predicted molar refractivity (Wildman–Crippen MR) is 95.7 cm³/mol. The number of pyridine rings is 1. The molecule has 1 saturated carbocycles. The van der Waals surface area contributed by atoms with E-state index in [2.05, 4.69) is 10.3 Å². The smallest absolute Gasteiger partial charge is 0.280 e. The van der Waals surface area contributed by atoms with Crippen molar-refractivity contribution >= 4 is 16.9 Å². The number of carbonyl (C=O) groups excluding carboxylic acids is 1. The van der Waals surface area contributed by atoms with Crippen LogP contribution in [-0.4, -0.2) is 26.3 Å². The van der Waals surface area contributed by atoms with Crippen molar-refractivity contribution in [3.05, 3.63) is 59.0 Å². The molecule has 1 fully saturated rings. The molecule has 6 heteroatoms. The van der Waals surface area contributed by atoms with Gasteiger partial charge in [-0.05, 0) is 37.1 Å². The Hall–Kier alpha value is -2.89. The van der Waals surface area contributed by atoms with E-state index in [1.807, 2.05) is 30.3 Å². The highest BCUT2D eigenvalue weighted by Crippen LogP contribution is 2.18. The second kappa shape index (κ2) is 6.55. The summed E-state index contributed by atoms with van der Waals surface area (Å²) in [7, 11) is 0. The Morgan fingerprint density at radius 3 is 2.64 bits per heavy atom. The fourth-order valence-electron chi connectivity index (χ4n) is 3.54. The molecular formula is C19H20N4O2. The number of para-hydroxylation sites is 1. The summed E-state index contributed by atoms with van der Waals surface area (Å²) in [6.45, 7) is 0.0706. The summed E-state index contributed by atoms with van der Waals surface area (Å²) in [4.78, 5) is 29.7. The van der Waals surface area contributed by atoms with Crippen LogP contribution in [0.15, 0.2) is 53.5 Å². The van der Waals surface area contributed by atoms with Gasteiger partial charge in [0.25, 0.3) is 5.56 Å². The Labute approximate surface area is 145 Å². The van der Waals surface area contributed by atoms with Crippen molar-refractivity contribution in [3.63, 3.8) is 0 Å². The van der Waals surface area contributed by atoms with Crippen LogP contribution in [0.4, 0.5) is 0 Å². The van der Waals surface area contributed by atoms with Crippen LogP contribution in [-0.2, 0) is 11.3 Å². The Morgan fingerprint density at radius 1 is 1.12 bits per heavy atom. The summed E-state index contributed by atoms with van der Waals surface area (Å²) >= 11 is 0. The summed E-state index contributed by atoms with van der Waals surface area (Å²) in [6, 6.07) is 13.1. The van der Waals surface area contributed by atoms with Gasteiger partial charge in [-0.3, -0.25) is 14.3 Å². The first kappa shape index (κ1) is 15.6. The molecule has 0 radical (unpaired) electrons. The third kappa shape index (κ3) is 2.95. The van der Waals surface area contributed by atoms with E-state index in [-0.39, 0.29) is 24.1 Å². The molecule has 0 bridgehead atoms. The zero-order valence-electron chi connectivity index (χ0n) is 13.9. The first-order valence-corrected chi connectivity index (χ1v) is 8.65. The van der Waals surface area contributed by atoms with Crippen molar-refractivity contribution in [1.29, 1.82) is 0 Å². The maximum Gasteiger partial charge on any atom is 0.280 e. The van der Waals surface area contributed by atoms with E-state index < -0.39 is 0 Å². The van der Waals surface area contributed by atoms with Gasteiger partial charge in [-0.15, -0.1) is 0 Å². The summed E-state index contributed by atoms with van der Waals surface area (Å²) < 4.78 is 3.20. The lowest BCUT2D eigenvalue weighted by Crippen LogP contribution is -2.37. The number of amides is 1. The zero-order valence-corrected chi connectivity index (χ0v) is 13.9. The first-order valence-electron chi connectivity index (χ1n) is 8.65. The van der Waals surface area contributed by atoms with Gasteiger partial charge in [0.05, 0.1) is 11.1 Å². The molecule has 6 nitrogen and oxygen atoms in total. The number of benzene rings is 1. The van der Waals surface area contributed by atoms with E-state index in [1.165, 1.54) is 4.68 Å². The average molecular weight is 336 g/mol. The third-order valence-corrected chi connectivity index (χ3v) is 4.71. The Bertz CT molecular complexity index is 952. The number of nitrogens with one attached hydrogen (secondary N) is 1. The molecule has 0 unspecified atom stereocenters. The topological polar surface area (TPSA) is 68.9 Å². The first-order chi connectivity index (χ1) is 12.2. The van der Waals surface area contributed by atoms with Crippen molar-refractivity contribution in [1.82, 2.24) is 19.7 Å². The molecule has 1 aliphatic carbocycles. The van der Waals surface area contributed by atoms with E-state index in [4.69, 9.17) is 0 Å². The molecule has 0 aliphatic heterocycles. The average Bonchev–Trinajstić information content (AvgIpc) is 3.23. The van der Waals surface area contributed by atoms with Crippen molar-refractivity contribution < 1.29 is 4.79 Å². The van der Waals surface area contributed by atoms with Crippen molar-refractivity contribution in [2.75, 3.05) is 0 Å². The van der Waals surface area contributed by atoms with Crippen molar-refractivity contribution in [2.45, 2.75) is 38.3 Å². The quantitative estimate of drug-likeness (QED) is 0.794. The molecule has 1 aliphatic rings. The summed E-state index contributed by atoms with van der Waals surface area (Å²) in [5, 5.41) is 3.59. The van der Waals surface area contributed by atoms with Gasteiger partial charge in [0, 0.05) is 12.2 Å². The van der Waals surface area contributed by atoms with Gasteiger partial charge >= 0.3 is 0 Å². The van der Waals surface area contributed by atoms with Crippen LogP contribution in [0, 0.1) is 0 Å². The standard InChI is InChI=1S/C19H20N4O2/c24-17(21-14-7-4-5-8-14)13-22-18-16(11-6-12-20-18)19(25)23(22)15-9-2-1-3-10-15/h1-3,6,9-12,14H,4-5,7-8,13H2,(H,21,24). The van der Waals surface area contributed by atoms with Crippen LogP contribution in [0.2, 0.25) is 0 Å². The molecule has 128 valence electrons. The lowest BCUT2D eigenvalue weighted by atomic mass is 10.2. The summed E-state index contributed by atoms with van der Waals surface area (Å²) in [5.41, 5.74) is 1.08. The molecule has 1 aromatic carbocycles. The number of fused-ring (bicyclic) bond motifs is 1. The zero-order chi connectivity index (χ0) is 17.2. The molecular weight excluding hydrogens is 316 g/mol. The van der Waals surface area contributed by atoms with Crippen LogP contribution in [0.3, 0.4) is 0 Å². The van der Waals surface area contributed by atoms with Crippen molar-refractivity contribution in [2.24, 2.45) is 0 Å². The van der Waals surface area contributed by atoms with Gasteiger partial charge in [-0.2, -0.15) is 0 Å². The Balaban J connectivity index is 1.76. The summed E-state index contributed by atoms with van der Waals surface area (Å²) in [6.07, 6.45) is 6.02. The Morgan fingerprint density at radius 2 is 1.88 bits per heavy atom. The van der Waals surface area contributed by atoms with Crippen LogP contribution in [0.1, 0.15) is 25.7 Å². The second-order valence-electron chi connectivity index (χ2n) is 6.43. The fourth-order valence-corrected chi connectivity index (χ4v) is 3.54. The van der Waals surface area contributed by atoms with Crippen LogP contribution in [0.25, 0.3) is 16.7 Å². The minimum Gasteiger partial charge on any atom is -0.352 e. The van der Waals surface area contributed by atoms with Crippen LogP contribution >= 0.6 is 0 Å². The molecule has 0 atom stereocenters. The van der Waals surface area contributed by atoms with Gasteiger partial charge in [0.2, 0.25) is 5.91 Å². The number of carbonyl (C=O) groups is 1. The Kier molecular flexibility index (Phi) is 4.09. The molecule has 1 N–H and O–H groups in total. The molecule has 1 amide bonds. The monoisotopic (exact) mass is 336 g/mol. The fraction of sp³-hybridized carbons (Fsp3) is 0.316. The molecule has 25 heavy (non-hydrogen) atoms. The largest absolute Gasteiger partial charge is 0.352 e. The van der Waals surface area contributed by atoms with Gasteiger partial charge in [-0.1, -0.05) is 31.0 Å². The molecule has 0 saturated heterocycles. The number of aromatic nitrogens is 3. The van der Waals surface area contributed by atoms with Crippen LogP contribution in [0.5, 0.6) is 0 Å². The van der Waals surface area contributed by atoms with Gasteiger partial charge < -0.3 is 5.32 Å². The number of rotatable bonds is 4. The molecule has 3 aromatic rings. The van der Waals surface area contributed by atoms with Gasteiger partial charge in [0.15, 0.2) is 5.65 Å². The van der Waals surface area contributed by atoms with Gasteiger partial charge in [0.1, 0.15) is 6.54 Å². The minimum atomic E-state index is -0.164. The molecule has 2 aromatic heterocycles. The van der Waals surface area contributed by atoms with E-state index in [0.29, 0.717) is 11.0 Å². The molecule has 4 rings (SSSR count). The van der Waals surface area contributed by atoms with E-state index >= 15 is 0 Å². The molecule has 2 heterocycles. The predicted octanol–water partition coefficient (Wildman–Crippen LogP) is 2.25. The third-order valence-electron chi connectivity index (χ3n) is 4.71. The second-order valence-corrected chi connectivity index (χ2v) is 6.43. The van der Waals surface area contributed by atoms with Crippen molar-refractivity contribution in [3.8, 4) is 5.69 Å².